The van der Waals surface area contributed by atoms with Crippen molar-refractivity contribution in [3.63, 3.8) is 0 Å². The molecular formula is C13H11Cl2N3O3. The smallest absolute Gasteiger partial charge is 0.328 e. The van der Waals surface area contributed by atoms with E-state index < -0.39 is 12.0 Å². The van der Waals surface area contributed by atoms with Gasteiger partial charge in [-0.3, -0.25) is 4.99 Å². The van der Waals surface area contributed by atoms with E-state index in [1.54, 1.807) is 0 Å². The van der Waals surface area contributed by atoms with E-state index in [1.165, 1.54) is 30.9 Å². The summed E-state index contributed by atoms with van der Waals surface area (Å²) in [5, 5.41) is 19.3. The van der Waals surface area contributed by atoms with E-state index in [-0.39, 0.29) is 22.8 Å². The molecule has 8 heteroatoms. The zero-order chi connectivity index (χ0) is 15.4. The maximum absolute atomic E-state index is 11.2. The Bertz CT molecular complexity index is 672. The molecule has 110 valence electrons. The Balaban J connectivity index is 2.22. The summed E-state index contributed by atoms with van der Waals surface area (Å²) >= 11 is 11.6. The molecule has 0 bridgehead atoms. The highest BCUT2D eigenvalue weighted by molar-refractivity contribution is 6.36. The molecule has 3 N–H and O–H groups in total. The number of hydrogen-bond donors (Lipinski definition) is 3. The number of aromatic amines is 1. The number of aliphatic carboxylic acids is 1. The van der Waals surface area contributed by atoms with Crippen LogP contribution in [0, 0.1) is 0 Å². The summed E-state index contributed by atoms with van der Waals surface area (Å²) in [6, 6.07) is 1.82. The van der Waals surface area contributed by atoms with Crippen LogP contribution in [-0.4, -0.2) is 38.4 Å². The number of aromatic nitrogens is 2. The van der Waals surface area contributed by atoms with Gasteiger partial charge in [-0.25, -0.2) is 9.78 Å². The van der Waals surface area contributed by atoms with Crippen molar-refractivity contribution in [2.24, 2.45) is 4.99 Å². The molecular weight excluding hydrogens is 317 g/mol. The fourth-order valence-corrected chi connectivity index (χ4v) is 2.17. The summed E-state index contributed by atoms with van der Waals surface area (Å²) in [5.74, 6) is -1.29. The fraction of sp³-hybridized carbons (Fsp3) is 0.154. The van der Waals surface area contributed by atoms with E-state index in [1.807, 2.05) is 0 Å². The topological polar surface area (TPSA) is 98.6 Å². The Labute approximate surface area is 130 Å². The molecule has 2 rings (SSSR count). The summed E-state index contributed by atoms with van der Waals surface area (Å²) in [4.78, 5) is 21.8. The molecule has 0 aliphatic heterocycles. The van der Waals surface area contributed by atoms with Crippen molar-refractivity contribution >= 4 is 35.4 Å². The first-order chi connectivity index (χ1) is 9.97. The summed E-state index contributed by atoms with van der Waals surface area (Å²) in [5.41, 5.74) is 0.899. The maximum atomic E-state index is 11.2. The predicted octanol–water partition coefficient (Wildman–Crippen LogP) is 2.54. The van der Waals surface area contributed by atoms with Crippen LogP contribution in [-0.2, 0) is 11.2 Å². The van der Waals surface area contributed by atoms with Gasteiger partial charge >= 0.3 is 5.97 Å². The average Bonchev–Trinajstić information content (AvgIpc) is 2.92. The van der Waals surface area contributed by atoms with E-state index in [9.17, 15) is 9.90 Å². The molecule has 0 saturated carbocycles. The van der Waals surface area contributed by atoms with Crippen molar-refractivity contribution in [3.8, 4) is 5.75 Å². The van der Waals surface area contributed by atoms with Crippen molar-refractivity contribution in [2.75, 3.05) is 0 Å². The fourth-order valence-electron chi connectivity index (χ4n) is 1.66. The van der Waals surface area contributed by atoms with Crippen molar-refractivity contribution in [1.29, 1.82) is 0 Å². The predicted molar refractivity (Wildman–Crippen MR) is 79.4 cm³/mol. The average molecular weight is 328 g/mol. The number of nitrogens with one attached hydrogen (secondary N) is 1. The molecule has 0 fully saturated rings. The number of aromatic hydroxyl groups is 1. The third-order valence-corrected chi connectivity index (χ3v) is 3.21. The second kappa shape index (κ2) is 6.60. The Kier molecular flexibility index (Phi) is 4.82. The lowest BCUT2D eigenvalue weighted by Crippen LogP contribution is -2.21. The molecule has 1 atom stereocenters. The van der Waals surface area contributed by atoms with Gasteiger partial charge < -0.3 is 15.2 Å². The first-order valence-corrected chi connectivity index (χ1v) is 6.64. The number of carboxylic acids is 1. The standard InChI is InChI=1S/C13H11Cl2N3O3/c14-8-1-7(12(19)10(15)2-8)4-17-11(13(20)21)3-9-5-16-6-18-9/h1-2,4-6,11,19H,3H2,(H,16,18)(H,20,21)/t11-/m0/s1. The number of carbonyl (C=O) groups is 1. The number of imidazole rings is 1. The third kappa shape index (κ3) is 3.96. The number of halogens is 2. The van der Waals surface area contributed by atoms with Crippen LogP contribution in [0.25, 0.3) is 0 Å². The Morgan fingerprint density at radius 1 is 1.48 bits per heavy atom. The molecule has 0 aliphatic rings. The molecule has 1 aromatic heterocycles. The maximum Gasteiger partial charge on any atom is 0.328 e. The van der Waals surface area contributed by atoms with Gasteiger partial charge in [-0.05, 0) is 12.1 Å². The first kappa shape index (κ1) is 15.3. The van der Waals surface area contributed by atoms with Crippen LogP contribution in [0.4, 0.5) is 0 Å². The van der Waals surface area contributed by atoms with E-state index in [0.717, 1.165) is 0 Å². The number of phenolic OH excluding ortho intramolecular Hbond substituents is 1. The van der Waals surface area contributed by atoms with Crippen LogP contribution < -0.4 is 0 Å². The lowest BCUT2D eigenvalue weighted by Gasteiger charge is -2.07. The lowest BCUT2D eigenvalue weighted by atomic mass is 10.1. The highest BCUT2D eigenvalue weighted by atomic mass is 35.5. The summed E-state index contributed by atoms with van der Waals surface area (Å²) in [6.07, 6.45) is 4.38. The summed E-state index contributed by atoms with van der Waals surface area (Å²) in [6.45, 7) is 0. The molecule has 0 spiro atoms. The number of H-pyrrole nitrogens is 1. The second-order valence-electron chi connectivity index (χ2n) is 4.24. The molecule has 6 nitrogen and oxygen atoms in total. The van der Waals surface area contributed by atoms with E-state index >= 15 is 0 Å². The minimum Gasteiger partial charge on any atom is -0.506 e. The Morgan fingerprint density at radius 2 is 2.24 bits per heavy atom. The monoisotopic (exact) mass is 327 g/mol. The van der Waals surface area contributed by atoms with Crippen molar-refractivity contribution < 1.29 is 15.0 Å². The molecule has 1 heterocycles. The number of carboxylic acid groups (broad SMARTS) is 1. The summed E-state index contributed by atoms with van der Waals surface area (Å²) < 4.78 is 0. The van der Waals surface area contributed by atoms with Gasteiger partial charge in [0.1, 0.15) is 5.75 Å². The van der Waals surface area contributed by atoms with Crippen molar-refractivity contribution in [2.45, 2.75) is 12.5 Å². The molecule has 0 aliphatic carbocycles. The zero-order valence-electron chi connectivity index (χ0n) is 10.6. The molecule has 0 unspecified atom stereocenters. The van der Waals surface area contributed by atoms with Crippen LogP contribution in [0.15, 0.2) is 29.6 Å². The third-order valence-electron chi connectivity index (χ3n) is 2.70. The van der Waals surface area contributed by atoms with Crippen LogP contribution in [0.3, 0.4) is 0 Å². The van der Waals surface area contributed by atoms with Gasteiger partial charge in [-0.2, -0.15) is 0 Å². The molecule has 0 amide bonds. The van der Waals surface area contributed by atoms with E-state index in [0.29, 0.717) is 10.7 Å². The Hall–Kier alpha value is -2.05. The van der Waals surface area contributed by atoms with Crippen LogP contribution in [0.5, 0.6) is 5.75 Å². The Morgan fingerprint density at radius 3 is 2.86 bits per heavy atom. The number of aliphatic imine (C=N–C) groups is 1. The van der Waals surface area contributed by atoms with E-state index in [4.69, 9.17) is 28.3 Å². The van der Waals surface area contributed by atoms with Crippen LogP contribution >= 0.6 is 23.2 Å². The molecule has 0 saturated heterocycles. The van der Waals surface area contributed by atoms with Crippen molar-refractivity contribution in [3.05, 3.63) is 46.0 Å². The number of hydrogen-bond acceptors (Lipinski definition) is 4. The molecule has 21 heavy (non-hydrogen) atoms. The second-order valence-corrected chi connectivity index (χ2v) is 5.08. The molecule has 1 aromatic carbocycles. The minimum absolute atomic E-state index is 0.0735. The lowest BCUT2D eigenvalue weighted by molar-refractivity contribution is -0.138. The normalized spacial score (nSPS) is 12.7. The van der Waals surface area contributed by atoms with Gasteiger partial charge in [0.25, 0.3) is 0 Å². The first-order valence-electron chi connectivity index (χ1n) is 5.88. The minimum atomic E-state index is -1.09. The van der Waals surface area contributed by atoms with Gasteiger partial charge in [0.05, 0.1) is 11.3 Å². The van der Waals surface area contributed by atoms with Gasteiger partial charge in [-0.15, -0.1) is 0 Å². The van der Waals surface area contributed by atoms with Gasteiger partial charge in [-0.1, -0.05) is 23.2 Å². The number of rotatable bonds is 5. The number of benzene rings is 1. The zero-order valence-corrected chi connectivity index (χ0v) is 12.1. The summed E-state index contributed by atoms with van der Waals surface area (Å²) in [7, 11) is 0. The number of nitrogens with zero attached hydrogens (tertiary/aromatic N) is 2. The van der Waals surface area contributed by atoms with Gasteiger partial charge in [0, 0.05) is 35.1 Å². The molecule has 2 aromatic rings. The SMILES string of the molecule is O=C(O)[C@H](Cc1cnc[nH]1)N=Cc1cc(Cl)cc(Cl)c1O. The van der Waals surface area contributed by atoms with Crippen molar-refractivity contribution in [1.82, 2.24) is 9.97 Å². The van der Waals surface area contributed by atoms with Crippen LogP contribution in [0.1, 0.15) is 11.3 Å². The molecule has 0 radical (unpaired) electrons. The quantitative estimate of drug-likeness (QED) is 0.735. The van der Waals surface area contributed by atoms with Gasteiger partial charge in [0.2, 0.25) is 0 Å². The largest absolute Gasteiger partial charge is 0.506 e. The number of phenols is 1. The highest BCUT2D eigenvalue weighted by Crippen LogP contribution is 2.30. The van der Waals surface area contributed by atoms with E-state index in [2.05, 4.69) is 15.0 Å². The highest BCUT2D eigenvalue weighted by Gasteiger charge is 2.17. The van der Waals surface area contributed by atoms with Gasteiger partial charge in [0.15, 0.2) is 6.04 Å². The van der Waals surface area contributed by atoms with Crippen LogP contribution in [0.2, 0.25) is 10.0 Å².